The standard InChI is InChI=1S/C26H24ClF4NO/c27-24-7-6-22(28)15-23(24)19-12-18(13-21(14-19)26(29,30)31)16-33-17-25(8-10-32-11-9-25)20-4-2-1-3-5-20/h1-7,12-15,32H,8-11,16-17H2. The van der Waals surface area contributed by atoms with E-state index >= 15 is 0 Å². The van der Waals surface area contributed by atoms with Gasteiger partial charge in [0.25, 0.3) is 0 Å². The smallest absolute Gasteiger partial charge is 0.376 e. The van der Waals surface area contributed by atoms with Crippen LogP contribution >= 0.6 is 11.6 Å². The molecule has 0 radical (unpaired) electrons. The second kappa shape index (κ2) is 9.84. The minimum absolute atomic E-state index is 0.00582. The number of benzene rings is 3. The summed E-state index contributed by atoms with van der Waals surface area (Å²) in [6.07, 6.45) is -2.79. The summed E-state index contributed by atoms with van der Waals surface area (Å²) in [6.45, 7) is 2.10. The fourth-order valence-corrected chi connectivity index (χ4v) is 4.62. The highest BCUT2D eigenvalue weighted by atomic mass is 35.5. The quantitative estimate of drug-likeness (QED) is 0.386. The highest BCUT2D eigenvalue weighted by Crippen LogP contribution is 2.37. The van der Waals surface area contributed by atoms with Gasteiger partial charge in [0, 0.05) is 16.0 Å². The van der Waals surface area contributed by atoms with Gasteiger partial charge >= 0.3 is 6.18 Å². The maximum absolute atomic E-state index is 13.8. The van der Waals surface area contributed by atoms with Gasteiger partial charge < -0.3 is 10.1 Å². The van der Waals surface area contributed by atoms with Crippen molar-refractivity contribution >= 4 is 11.6 Å². The first-order valence-corrected chi connectivity index (χ1v) is 11.2. The molecular weight excluding hydrogens is 454 g/mol. The van der Waals surface area contributed by atoms with Crippen LogP contribution in [0.3, 0.4) is 0 Å². The van der Waals surface area contributed by atoms with Crippen LogP contribution in [0.1, 0.15) is 29.5 Å². The molecule has 0 saturated carbocycles. The van der Waals surface area contributed by atoms with E-state index in [0.717, 1.165) is 44.1 Å². The molecule has 0 aliphatic carbocycles. The molecule has 1 heterocycles. The van der Waals surface area contributed by atoms with E-state index in [2.05, 4.69) is 17.4 Å². The SMILES string of the molecule is Fc1ccc(Cl)c(-c2cc(COCC3(c4ccccc4)CCNCC3)cc(C(F)(F)F)c2)c1. The fourth-order valence-electron chi connectivity index (χ4n) is 4.39. The van der Waals surface area contributed by atoms with Crippen LogP contribution in [0.5, 0.6) is 0 Å². The second-order valence-corrected chi connectivity index (χ2v) is 8.84. The van der Waals surface area contributed by atoms with Gasteiger partial charge in [0.15, 0.2) is 0 Å². The van der Waals surface area contributed by atoms with Crippen LogP contribution in [-0.2, 0) is 22.9 Å². The third-order valence-corrected chi connectivity index (χ3v) is 6.48. The lowest BCUT2D eigenvalue weighted by Gasteiger charge is -2.38. The molecule has 4 rings (SSSR count). The molecule has 3 aromatic rings. The van der Waals surface area contributed by atoms with Crippen molar-refractivity contribution in [2.75, 3.05) is 19.7 Å². The van der Waals surface area contributed by atoms with Crippen molar-refractivity contribution in [3.63, 3.8) is 0 Å². The number of ether oxygens (including phenoxy) is 1. The molecule has 33 heavy (non-hydrogen) atoms. The molecule has 0 spiro atoms. The molecule has 7 heteroatoms. The zero-order chi connectivity index (χ0) is 23.5. The van der Waals surface area contributed by atoms with Gasteiger partial charge in [-0.1, -0.05) is 41.9 Å². The Kier molecular flexibility index (Phi) is 7.07. The first-order valence-electron chi connectivity index (χ1n) is 10.8. The molecule has 0 unspecified atom stereocenters. The summed E-state index contributed by atoms with van der Waals surface area (Å²) in [7, 11) is 0. The van der Waals surface area contributed by atoms with E-state index in [-0.39, 0.29) is 28.2 Å². The van der Waals surface area contributed by atoms with Gasteiger partial charge in [-0.3, -0.25) is 0 Å². The van der Waals surface area contributed by atoms with Crippen LogP contribution in [0.15, 0.2) is 66.7 Å². The van der Waals surface area contributed by atoms with Gasteiger partial charge in [-0.2, -0.15) is 13.2 Å². The lowest BCUT2D eigenvalue weighted by atomic mass is 9.74. The van der Waals surface area contributed by atoms with Crippen molar-refractivity contribution in [1.29, 1.82) is 0 Å². The predicted octanol–water partition coefficient (Wildman–Crippen LogP) is 7.00. The zero-order valence-electron chi connectivity index (χ0n) is 17.9. The molecule has 3 aromatic carbocycles. The average Bonchev–Trinajstić information content (AvgIpc) is 2.81. The Labute approximate surface area is 195 Å². The molecule has 0 aromatic heterocycles. The number of piperidine rings is 1. The molecular formula is C26H24ClF4NO. The summed E-state index contributed by atoms with van der Waals surface area (Å²) in [5.74, 6) is -0.569. The first kappa shape index (κ1) is 23.7. The summed E-state index contributed by atoms with van der Waals surface area (Å²) in [5.41, 5.74) is 0.928. The molecule has 0 bridgehead atoms. The monoisotopic (exact) mass is 477 g/mol. The average molecular weight is 478 g/mol. The van der Waals surface area contributed by atoms with Gasteiger partial charge in [-0.05, 0) is 79.0 Å². The van der Waals surface area contributed by atoms with E-state index in [0.29, 0.717) is 12.2 Å². The zero-order valence-corrected chi connectivity index (χ0v) is 18.6. The number of halogens is 5. The topological polar surface area (TPSA) is 21.3 Å². The normalized spacial score (nSPS) is 16.0. The number of hydrogen-bond acceptors (Lipinski definition) is 2. The number of alkyl halides is 3. The lowest BCUT2D eigenvalue weighted by Crippen LogP contribution is -2.43. The molecule has 2 nitrogen and oxygen atoms in total. The number of nitrogens with one attached hydrogen (secondary N) is 1. The summed E-state index contributed by atoms with van der Waals surface area (Å²) in [4.78, 5) is 0. The van der Waals surface area contributed by atoms with Gasteiger partial charge in [-0.25, -0.2) is 4.39 Å². The van der Waals surface area contributed by atoms with Crippen LogP contribution in [0.2, 0.25) is 5.02 Å². The molecule has 1 fully saturated rings. The molecule has 0 amide bonds. The van der Waals surface area contributed by atoms with Crippen molar-refractivity contribution in [2.45, 2.75) is 31.0 Å². The Balaban J connectivity index is 1.60. The second-order valence-electron chi connectivity index (χ2n) is 8.43. The molecule has 1 saturated heterocycles. The van der Waals surface area contributed by atoms with Crippen molar-refractivity contribution in [2.24, 2.45) is 0 Å². The van der Waals surface area contributed by atoms with Gasteiger partial charge in [0.1, 0.15) is 5.82 Å². The highest BCUT2D eigenvalue weighted by Gasteiger charge is 2.34. The summed E-state index contributed by atoms with van der Waals surface area (Å²) in [5, 5.41) is 3.53. The van der Waals surface area contributed by atoms with E-state index in [1.165, 1.54) is 17.7 Å². The lowest BCUT2D eigenvalue weighted by molar-refractivity contribution is -0.137. The van der Waals surface area contributed by atoms with E-state index in [1.54, 1.807) is 6.07 Å². The Bertz CT molecular complexity index is 1100. The van der Waals surface area contributed by atoms with Crippen molar-refractivity contribution in [3.8, 4) is 11.1 Å². The number of hydrogen-bond donors (Lipinski definition) is 1. The van der Waals surface area contributed by atoms with Crippen molar-refractivity contribution in [1.82, 2.24) is 5.32 Å². The van der Waals surface area contributed by atoms with Crippen LogP contribution in [-0.4, -0.2) is 19.7 Å². The van der Waals surface area contributed by atoms with E-state index < -0.39 is 17.6 Å². The maximum atomic E-state index is 13.8. The van der Waals surface area contributed by atoms with Crippen molar-refractivity contribution < 1.29 is 22.3 Å². The molecule has 1 aliphatic rings. The molecule has 0 atom stereocenters. The largest absolute Gasteiger partial charge is 0.416 e. The van der Waals surface area contributed by atoms with Gasteiger partial charge in [0.2, 0.25) is 0 Å². The third kappa shape index (κ3) is 5.57. The maximum Gasteiger partial charge on any atom is 0.416 e. The highest BCUT2D eigenvalue weighted by molar-refractivity contribution is 6.33. The minimum atomic E-state index is -4.55. The van der Waals surface area contributed by atoms with Crippen LogP contribution in [0.4, 0.5) is 17.6 Å². The predicted molar refractivity (Wildman–Crippen MR) is 122 cm³/mol. The fraction of sp³-hybridized carbons (Fsp3) is 0.308. The van der Waals surface area contributed by atoms with Crippen LogP contribution < -0.4 is 5.32 Å². The molecule has 1 aliphatic heterocycles. The van der Waals surface area contributed by atoms with Gasteiger partial charge in [-0.15, -0.1) is 0 Å². The summed E-state index contributed by atoms with van der Waals surface area (Å²) in [6, 6.07) is 17.4. The van der Waals surface area contributed by atoms with E-state index in [4.69, 9.17) is 16.3 Å². The Morgan fingerprint density at radius 1 is 0.939 bits per heavy atom. The summed E-state index contributed by atoms with van der Waals surface area (Å²) >= 11 is 6.16. The number of rotatable bonds is 6. The molecule has 174 valence electrons. The molecule has 1 N–H and O–H groups in total. The Morgan fingerprint density at radius 3 is 2.36 bits per heavy atom. The minimum Gasteiger partial charge on any atom is -0.376 e. The van der Waals surface area contributed by atoms with Crippen molar-refractivity contribution in [3.05, 3.63) is 94.3 Å². The van der Waals surface area contributed by atoms with Crippen LogP contribution in [0.25, 0.3) is 11.1 Å². The Hall–Kier alpha value is -2.41. The third-order valence-electron chi connectivity index (χ3n) is 6.15. The van der Waals surface area contributed by atoms with Crippen LogP contribution in [0, 0.1) is 5.82 Å². The first-order chi connectivity index (χ1) is 15.8. The summed E-state index contributed by atoms with van der Waals surface area (Å²) < 4.78 is 60.5. The van der Waals surface area contributed by atoms with Gasteiger partial charge in [0.05, 0.1) is 18.8 Å². The van der Waals surface area contributed by atoms with E-state index in [1.807, 2.05) is 18.2 Å². The Morgan fingerprint density at radius 2 is 1.67 bits per heavy atom. The van der Waals surface area contributed by atoms with E-state index in [9.17, 15) is 17.6 Å².